The Labute approximate surface area is 228 Å². The molecule has 0 spiro atoms. The molecule has 0 radical (unpaired) electrons. The number of rotatable bonds is 7. The van der Waals surface area contributed by atoms with E-state index in [1.807, 2.05) is 6.07 Å². The summed E-state index contributed by atoms with van der Waals surface area (Å²) in [5.74, 6) is -0.663. The molecule has 1 saturated carbocycles. The highest BCUT2D eigenvalue weighted by atomic mass is 31.1. The monoisotopic (exact) mass is 576 g/mol. The van der Waals surface area contributed by atoms with Crippen molar-refractivity contribution in [2.24, 2.45) is 0 Å². The number of carbonyl (C=O) groups is 1. The molecule has 3 aromatic rings. The van der Waals surface area contributed by atoms with Gasteiger partial charge in [-0.15, -0.1) is 0 Å². The molecule has 1 aliphatic heterocycles. The number of hydrogen-bond acceptors (Lipinski definition) is 8. The molecule has 2 aromatic heterocycles. The van der Waals surface area contributed by atoms with Crippen LogP contribution in [-0.2, 0) is 23.4 Å². The molecule has 0 bridgehead atoms. The number of benzene rings is 1. The van der Waals surface area contributed by atoms with Gasteiger partial charge in [-0.05, 0) is 60.9 Å². The Morgan fingerprint density at radius 3 is 2.48 bits per heavy atom. The van der Waals surface area contributed by atoms with Gasteiger partial charge in [0.05, 0.1) is 35.4 Å². The standard InChI is InChI=1S/C26H28F3N6O4P/c1-35-12-19-18(14-2-6-17(36)7-3-14)8-9-21(22(19)24(35)37)33-25-31-11-20(26(27,28)29)23(34-25)32-15-4-5-16(30-10-15)13-40(38)39/h4-5,8-11,14,17,36,40H,2-3,6-7,12-13H2,1H3,(H,38,39)(H2,31,32,33,34)/t14-,17-. The fourth-order valence-corrected chi connectivity index (χ4v) is 5.73. The summed E-state index contributed by atoms with van der Waals surface area (Å²) in [5, 5.41) is 15.4. The largest absolute Gasteiger partial charge is 0.421 e. The van der Waals surface area contributed by atoms with E-state index in [4.69, 9.17) is 4.89 Å². The summed E-state index contributed by atoms with van der Waals surface area (Å²) in [6.07, 6.45) is -0.284. The first kappa shape index (κ1) is 28.0. The summed E-state index contributed by atoms with van der Waals surface area (Å²) in [6, 6.07) is 6.52. The van der Waals surface area contributed by atoms with Crippen molar-refractivity contribution in [2.75, 3.05) is 17.7 Å². The van der Waals surface area contributed by atoms with Gasteiger partial charge in [-0.1, -0.05) is 6.07 Å². The molecule has 10 nitrogen and oxygen atoms in total. The van der Waals surface area contributed by atoms with Crippen LogP contribution >= 0.6 is 8.03 Å². The lowest BCUT2D eigenvalue weighted by atomic mass is 9.80. The van der Waals surface area contributed by atoms with Crippen molar-refractivity contribution in [3.05, 3.63) is 64.6 Å². The number of pyridine rings is 1. The molecular weight excluding hydrogens is 548 g/mol. The van der Waals surface area contributed by atoms with Crippen LogP contribution in [-0.4, -0.2) is 48.9 Å². The van der Waals surface area contributed by atoms with Gasteiger partial charge in [0.2, 0.25) is 5.95 Å². The Balaban J connectivity index is 1.46. The zero-order chi connectivity index (χ0) is 28.6. The zero-order valence-electron chi connectivity index (χ0n) is 21.5. The summed E-state index contributed by atoms with van der Waals surface area (Å²) in [4.78, 5) is 35.7. The van der Waals surface area contributed by atoms with Crippen molar-refractivity contribution in [1.82, 2.24) is 19.9 Å². The minimum atomic E-state index is -4.75. The van der Waals surface area contributed by atoms with E-state index in [-0.39, 0.29) is 35.7 Å². The molecule has 4 N–H and O–H groups in total. The second kappa shape index (κ2) is 11.1. The molecule has 5 rings (SSSR count). The lowest BCUT2D eigenvalue weighted by Gasteiger charge is -2.27. The molecule has 1 aliphatic carbocycles. The van der Waals surface area contributed by atoms with Crippen molar-refractivity contribution < 1.29 is 32.5 Å². The molecule has 3 heterocycles. The van der Waals surface area contributed by atoms with Gasteiger partial charge in [0.1, 0.15) is 11.4 Å². The SMILES string of the molecule is CN1Cc2c(c(Nc3ncc(C(F)(F)F)c(Nc4ccc(C[PH](=O)O)nc4)n3)ccc2[C@H]2CC[C@H](O)CC2)C1=O. The van der Waals surface area contributed by atoms with Gasteiger partial charge in [-0.25, -0.2) is 4.98 Å². The van der Waals surface area contributed by atoms with Gasteiger partial charge < -0.3 is 25.5 Å². The van der Waals surface area contributed by atoms with Crippen molar-refractivity contribution in [1.29, 1.82) is 0 Å². The Hall–Kier alpha value is -3.54. The number of hydrogen-bond donors (Lipinski definition) is 4. The van der Waals surface area contributed by atoms with E-state index in [0.29, 0.717) is 42.5 Å². The predicted octanol–water partition coefficient (Wildman–Crippen LogP) is 4.95. The minimum Gasteiger partial charge on any atom is -0.393 e. The van der Waals surface area contributed by atoms with Crippen molar-refractivity contribution in [3.8, 4) is 0 Å². The van der Waals surface area contributed by atoms with Crippen LogP contribution in [0.5, 0.6) is 0 Å². The van der Waals surface area contributed by atoms with E-state index < -0.39 is 25.6 Å². The van der Waals surface area contributed by atoms with Crippen molar-refractivity contribution in [2.45, 2.75) is 56.6 Å². The van der Waals surface area contributed by atoms with Crippen LogP contribution in [0.15, 0.2) is 36.7 Å². The molecule has 1 amide bonds. The van der Waals surface area contributed by atoms with E-state index in [9.17, 15) is 27.6 Å². The number of fused-ring (bicyclic) bond motifs is 1. The maximum absolute atomic E-state index is 13.8. The van der Waals surface area contributed by atoms with Crippen LogP contribution in [0.4, 0.5) is 36.3 Å². The van der Waals surface area contributed by atoms with Crippen LogP contribution in [0.25, 0.3) is 0 Å². The molecule has 1 atom stereocenters. The van der Waals surface area contributed by atoms with E-state index in [0.717, 1.165) is 24.0 Å². The average Bonchev–Trinajstić information content (AvgIpc) is 3.19. The smallest absolute Gasteiger partial charge is 0.393 e. The molecule has 0 saturated heterocycles. The third kappa shape index (κ3) is 5.96. The summed E-state index contributed by atoms with van der Waals surface area (Å²) in [7, 11) is -1.10. The van der Waals surface area contributed by atoms with Gasteiger partial charge in [0.25, 0.3) is 5.91 Å². The average molecular weight is 577 g/mol. The highest BCUT2D eigenvalue weighted by molar-refractivity contribution is 7.37. The number of aliphatic hydroxyl groups excluding tert-OH is 1. The van der Waals surface area contributed by atoms with E-state index in [2.05, 4.69) is 25.6 Å². The summed E-state index contributed by atoms with van der Waals surface area (Å²) < 4.78 is 52.3. The van der Waals surface area contributed by atoms with Gasteiger partial charge in [-0.3, -0.25) is 14.3 Å². The van der Waals surface area contributed by atoms with Crippen LogP contribution < -0.4 is 10.6 Å². The van der Waals surface area contributed by atoms with E-state index in [1.165, 1.54) is 18.3 Å². The number of carbonyl (C=O) groups excluding carboxylic acids is 1. The van der Waals surface area contributed by atoms with Crippen LogP contribution in [0.1, 0.15) is 64.3 Å². The van der Waals surface area contributed by atoms with Crippen molar-refractivity contribution >= 4 is 37.1 Å². The van der Waals surface area contributed by atoms with Crippen molar-refractivity contribution in [3.63, 3.8) is 0 Å². The predicted molar refractivity (Wildman–Crippen MR) is 142 cm³/mol. The van der Waals surface area contributed by atoms with Gasteiger partial charge in [0, 0.05) is 25.5 Å². The molecule has 1 unspecified atom stereocenters. The number of aromatic nitrogens is 3. The molecule has 212 valence electrons. The minimum absolute atomic E-state index is 0.139. The quantitative estimate of drug-likeness (QED) is 0.288. The summed E-state index contributed by atoms with van der Waals surface area (Å²) in [6.45, 7) is 0.410. The first-order valence-corrected chi connectivity index (χ1v) is 14.3. The summed E-state index contributed by atoms with van der Waals surface area (Å²) >= 11 is 0. The number of aliphatic hydroxyl groups is 1. The molecular formula is C26H28F3N6O4P. The van der Waals surface area contributed by atoms with Crippen LogP contribution in [0.3, 0.4) is 0 Å². The van der Waals surface area contributed by atoms with Gasteiger partial charge in [-0.2, -0.15) is 18.2 Å². The second-order valence-electron chi connectivity index (χ2n) is 10.0. The zero-order valence-corrected chi connectivity index (χ0v) is 22.5. The Morgan fingerprint density at radius 1 is 1.07 bits per heavy atom. The van der Waals surface area contributed by atoms with Gasteiger partial charge in [0.15, 0.2) is 8.03 Å². The molecule has 2 aliphatic rings. The lowest BCUT2D eigenvalue weighted by Crippen LogP contribution is -2.18. The van der Waals surface area contributed by atoms with E-state index in [1.54, 1.807) is 18.0 Å². The molecule has 14 heteroatoms. The van der Waals surface area contributed by atoms with Crippen LogP contribution in [0, 0.1) is 0 Å². The number of alkyl halides is 3. The number of anilines is 4. The molecule has 1 aromatic carbocycles. The maximum Gasteiger partial charge on any atom is 0.421 e. The van der Waals surface area contributed by atoms with E-state index >= 15 is 0 Å². The highest BCUT2D eigenvalue weighted by Gasteiger charge is 2.36. The first-order valence-electron chi connectivity index (χ1n) is 12.7. The fraction of sp³-hybridized carbons (Fsp3) is 0.385. The lowest BCUT2D eigenvalue weighted by molar-refractivity contribution is -0.137. The Kier molecular flexibility index (Phi) is 7.80. The number of amides is 1. The van der Waals surface area contributed by atoms with Crippen LogP contribution in [0.2, 0.25) is 0 Å². The number of nitrogens with one attached hydrogen (secondary N) is 2. The summed E-state index contributed by atoms with van der Waals surface area (Å²) in [5.41, 5.74) is 2.15. The molecule has 40 heavy (non-hydrogen) atoms. The second-order valence-corrected chi connectivity index (χ2v) is 11.2. The fourth-order valence-electron chi connectivity index (χ4n) is 5.21. The van der Waals surface area contributed by atoms with Gasteiger partial charge >= 0.3 is 6.18 Å². The third-order valence-electron chi connectivity index (χ3n) is 7.20. The molecule has 1 fully saturated rings. The normalized spacial score (nSPS) is 19.9. The third-order valence-corrected chi connectivity index (χ3v) is 7.87. The topological polar surface area (TPSA) is 141 Å². The Morgan fingerprint density at radius 2 is 1.82 bits per heavy atom. The maximum atomic E-state index is 13.8. The number of nitrogens with zero attached hydrogens (tertiary/aromatic N) is 4. The Bertz CT molecular complexity index is 1450. The number of halogens is 3. The first-order chi connectivity index (χ1) is 19.0. The highest BCUT2D eigenvalue weighted by Crippen LogP contribution is 2.41.